The number of hydrogen-bond donors (Lipinski definition) is 0. The van der Waals surface area contributed by atoms with Gasteiger partial charge in [-0.2, -0.15) is 0 Å². The number of carbonyl (C=O) groups excluding carboxylic acids is 2. The van der Waals surface area contributed by atoms with Crippen molar-refractivity contribution in [1.29, 1.82) is 0 Å². The third-order valence-electron chi connectivity index (χ3n) is 3.78. The zero-order chi connectivity index (χ0) is 15.9. The molecule has 118 valence electrons. The number of halogens is 1. The number of ether oxygens (including phenoxy) is 2. The molecule has 1 saturated heterocycles. The predicted octanol–water partition coefficient (Wildman–Crippen LogP) is 1.33. The standard InChI is InChI=1S/C14H16AsFN2O4/c1-17-12-8(2-3-21-13(17)19)4-9(5-11(12)16)18-7-10(6-15)22-14(18)20/h4-5,10H,2-3,6-7,15H2,1H3/t10-/m1/s1. The van der Waals surface area contributed by atoms with Gasteiger partial charge in [-0.3, -0.25) is 0 Å². The van der Waals surface area contributed by atoms with Crippen LogP contribution in [0.1, 0.15) is 5.56 Å². The Balaban J connectivity index is 1.99. The molecular weight excluding hydrogens is 354 g/mol. The summed E-state index contributed by atoms with van der Waals surface area (Å²) in [4.78, 5) is 26.2. The minimum absolute atomic E-state index is 0.151. The van der Waals surface area contributed by atoms with Crippen molar-refractivity contribution in [2.45, 2.75) is 17.7 Å². The topological polar surface area (TPSA) is 59.1 Å². The van der Waals surface area contributed by atoms with Crippen LogP contribution in [0, 0.1) is 5.82 Å². The van der Waals surface area contributed by atoms with Gasteiger partial charge in [0.05, 0.1) is 0 Å². The summed E-state index contributed by atoms with van der Waals surface area (Å²) in [5.41, 5.74) is 1.29. The summed E-state index contributed by atoms with van der Waals surface area (Å²) in [6.45, 7) is 0.601. The molecule has 0 N–H and O–H groups in total. The maximum atomic E-state index is 14.5. The quantitative estimate of drug-likeness (QED) is 0.738. The van der Waals surface area contributed by atoms with Gasteiger partial charge in [-0.25, -0.2) is 0 Å². The molecule has 0 bridgehead atoms. The normalized spacial score (nSPS) is 21.3. The second-order valence-electron chi connectivity index (χ2n) is 5.21. The van der Waals surface area contributed by atoms with Crippen LogP contribution < -0.4 is 9.80 Å². The van der Waals surface area contributed by atoms with E-state index in [0.29, 0.717) is 24.2 Å². The Bertz CT molecular complexity index is 640. The Hall–Kier alpha value is -1.75. The van der Waals surface area contributed by atoms with Crippen LogP contribution in [0.3, 0.4) is 0 Å². The Kier molecular flexibility index (Phi) is 3.99. The van der Waals surface area contributed by atoms with Gasteiger partial charge in [0.2, 0.25) is 0 Å². The fraction of sp³-hybridized carbons (Fsp3) is 0.429. The summed E-state index contributed by atoms with van der Waals surface area (Å²) in [5.74, 6) is -0.550. The first-order valence-corrected chi connectivity index (χ1v) is 8.63. The zero-order valence-corrected chi connectivity index (χ0v) is 14.5. The van der Waals surface area contributed by atoms with Crippen molar-refractivity contribution in [3.05, 3.63) is 23.5 Å². The van der Waals surface area contributed by atoms with Crippen LogP contribution in [0.25, 0.3) is 0 Å². The van der Waals surface area contributed by atoms with E-state index < -0.39 is 18.0 Å². The Morgan fingerprint density at radius 2 is 2.14 bits per heavy atom. The van der Waals surface area contributed by atoms with Gasteiger partial charge in [0, 0.05) is 0 Å². The first-order chi connectivity index (χ1) is 10.5. The second kappa shape index (κ2) is 5.80. The number of amides is 2. The average Bonchev–Trinajstić information content (AvgIpc) is 2.80. The fourth-order valence-corrected chi connectivity index (χ4v) is 3.17. The van der Waals surface area contributed by atoms with E-state index in [0.717, 1.165) is 10.1 Å². The van der Waals surface area contributed by atoms with E-state index in [9.17, 15) is 14.0 Å². The van der Waals surface area contributed by atoms with Gasteiger partial charge >= 0.3 is 135 Å². The van der Waals surface area contributed by atoms with Crippen LogP contribution in [0.15, 0.2) is 12.1 Å². The van der Waals surface area contributed by atoms with Gasteiger partial charge in [-0.1, -0.05) is 0 Å². The van der Waals surface area contributed by atoms with E-state index in [1.165, 1.54) is 34.9 Å². The summed E-state index contributed by atoms with van der Waals surface area (Å²) in [5, 5.41) is 0.772. The van der Waals surface area contributed by atoms with Crippen LogP contribution in [0.4, 0.5) is 25.4 Å². The molecule has 2 aliphatic rings. The Morgan fingerprint density at radius 3 is 2.82 bits per heavy atom. The molecule has 1 fully saturated rings. The molecule has 8 heteroatoms. The van der Waals surface area contributed by atoms with Crippen LogP contribution in [0.5, 0.6) is 0 Å². The third-order valence-corrected chi connectivity index (χ3v) is 4.89. The molecule has 0 spiro atoms. The number of carbonyl (C=O) groups is 2. The zero-order valence-electron chi connectivity index (χ0n) is 12.0. The van der Waals surface area contributed by atoms with Gasteiger partial charge in [0.25, 0.3) is 0 Å². The van der Waals surface area contributed by atoms with Crippen molar-refractivity contribution in [1.82, 2.24) is 0 Å². The molecule has 0 aromatic heterocycles. The minimum atomic E-state index is -0.584. The SMILES string of the molecule is CN1C(=O)OCCc2cc(N3C[C@@H](C[AsH2])OC3=O)cc(F)c21. The molecule has 3 rings (SSSR count). The first kappa shape index (κ1) is 15.2. The molecule has 2 heterocycles. The number of cyclic esters (lactones) is 2. The summed E-state index contributed by atoms with van der Waals surface area (Å²) < 4.78 is 24.7. The number of benzene rings is 1. The molecule has 2 atom stereocenters. The van der Waals surface area contributed by atoms with E-state index in [-0.39, 0.29) is 18.4 Å². The molecule has 1 aromatic carbocycles. The molecule has 0 aliphatic carbocycles. The van der Waals surface area contributed by atoms with E-state index in [1.807, 2.05) is 0 Å². The Morgan fingerprint density at radius 1 is 1.36 bits per heavy atom. The van der Waals surface area contributed by atoms with Crippen LogP contribution in [-0.4, -0.2) is 55.3 Å². The van der Waals surface area contributed by atoms with Gasteiger partial charge in [-0.15, -0.1) is 0 Å². The molecule has 0 radical (unpaired) electrons. The maximum absolute atomic E-state index is 14.5. The number of rotatable bonds is 2. The number of anilines is 2. The average molecular weight is 370 g/mol. The summed E-state index contributed by atoms with van der Waals surface area (Å²) in [6, 6.07) is 2.99. The molecule has 1 unspecified atom stereocenters. The molecular formula is C14H16AsFN2O4. The van der Waals surface area contributed by atoms with E-state index in [2.05, 4.69) is 0 Å². The van der Waals surface area contributed by atoms with Gasteiger partial charge < -0.3 is 0 Å². The number of nitrogens with zero attached hydrogens (tertiary/aromatic N) is 2. The van der Waals surface area contributed by atoms with Crippen molar-refractivity contribution in [3.63, 3.8) is 0 Å². The van der Waals surface area contributed by atoms with E-state index in [1.54, 1.807) is 6.07 Å². The van der Waals surface area contributed by atoms with Gasteiger partial charge in [-0.05, 0) is 0 Å². The van der Waals surface area contributed by atoms with Crippen molar-refractivity contribution < 1.29 is 23.5 Å². The van der Waals surface area contributed by atoms with Gasteiger partial charge in [0.15, 0.2) is 0 Å². The summed E-state index contributed by atoms with van der Waals surface area (Å²) in [7, 11) is 1.47. The van der Waals surface area contributed by atoms with Gasteiger partial charge in [0.1, 0.15) is 0 Å². The molecule has 2 amide bonds. The number of fused-ring (bicyclic) bond motifs is 1. The van der Waals surface area contributed by atoms with Crippen LogP contribution in [0.2, 0.25) is 5.21 Å². The molecule has 22 heavy (non-hydrogen) atoms. The van der Waals surface area contributed by atoms with Crippen molar-refractivity contribution in [2.75, 3.05) is 30.0 Å². The van der Waals surface area contributed by atoms with E-state index >= 15 is 0 Å². The summed E-state index contributed by atoms with van der Waals surface area (Å²) in [6.07, 6.45) is -0.795. The Labute approximate surface area is 135 Å². The molecule has 0 saturated carbocycles. The molecule has 2 aliphatic heterocycles. The third kappa shape index (κ3) is 2.54. The van der Waals surface area contributed by atoms with Crippen molar-refractivity contribution >= 4 is 40.4 Å². The molecule has 1 aromatic rings. The second-order valence-corrected chi connectivity index (χ2v) is 6.20. The summed E-state index contributed by atoms with van der Waals surface area (Å²) >= 11 is 1.48. The predicted molar refractivity (Wildman–Crippen MR) is 80.8 cm³/mol. The van der Waals surface area contributed by atoms with Crippen molar-refractivity contribution in [3.8, 4) is 0 Å². The first-order valence-electron chi connectivity index (χ1n) is 6.92. The molecule has 6 nitrogen and oxygen atoms in total. The van der Waals surface area contributed by atoms with Crippen LogP contribution in [-0.2, 0) is 15.9 Å². The number of hydrogen-bond acceptors (Lipinski definition) is 4. The monoisotopic (exact) mass is 370 g/mol. The van der Waals surface area contributed by atoms with Crippen LogP contribution >= 0.6 is 0 Å². The van der Waals surface area contributed by atoms with Crippen molar-refractivity contribution in [2.24, 2.45) is 0 Å². The van der Waals surface area contributed by atoms with E-state index in [4.69, 9.17) is 9.47 Å². The fourth-order valence-electron chi connectivity index (χ4n) is 2.65.